The van der Waals surface area contributed by atoms with Crippen LogP contribution < -0.4 is 31.2 Å². The molecule has 92 heavy (non-hydrogen) atoms. The number of Topliss-reactive ketones (excluding diaryl/α,β-unsaturated/α-hetero) is 1. The average Bonchev–Trinajstić information content (AvgIpc) is 0.750. The topological polar surface area (TPSA) is 250 Å². The van der Waals surface area contributed by atoms with Crippen LogP contribution in [-0.4, -0.2) is 108 Å². The first kappa shape index (κ1) is 69.1. The molecule has 4 aliphatic heterocycles. The van der Waals surface area contributed by atoms with Crippen LogP contribution in [0.15, 0.2) is 107 Å². The number of nitrogens with one attached hydrogen (secondary N) is 3. The van der Waals surface area contributed by atoms with Crippen LogP contribution in [0.1, 0.15) is 179 Å². The van der Waals surface area contributed by atoms with Gasteiger partial charge in [0.15, 0.2) is 23.7 Å². The lowest BCUT2D eigenvalue weighted by Crippen LogP contribution is -2.46. The predicted octanol–water partition coefficient (Wildman–Crippen LogP) is 12.0. The number of anilines is 1. The summed E-state index contributed by atoms with van der Waals surface area (Å²) < 4.78 is 25.3. The second-order valence-corrected chi connectivity index (χ2v) is 25.7. The highest BCUT2D eigenvalue weighted by Gasteiger charge is 2.39. The summed E-state index contributed by atoms with van der Waals surface area (Å²) in [5.74, 6) is 2.18. The number of ether oxygens (including phenoxy) is 4. The van der Waals surface area contributed by atoms with E-state index in [0.29, 0.717) is 117 Å². The monoisotopic (exact) mass is 1260 g/mol. The molecule has 0 saturated carbocycles. The second-order valence-electron chi connectivity index (χ2n) is 25.7. The molecule has 0 saturated heterocycles. The van der Waals surface area contributed by atoms with Crippen molar-refractivity contribution >= 4 is 34.3 Å². The lowest BCUT2D eigenvalue weighted by Gasteiger charge is -2.36. The summed E-state index contributed by atoms with van der Waals surface area (Å²) in [5.41, 5.74) is 15.8. The molecule has 5 aromatic rings. The van der Waals surface area contributed by atoms with Crippen LogP contribution in [0.2, 0.25) is 0 Å². The predicted molar refractivity (Wildman–Crippen MR) is 365 cm³/mol. The number of guanidine groups is 1. The first-order valence-corrected chi connectivity index (χ1v) is 33.6. The van der Waals surface area contributed by atoms with E-state index in [0.717, 1.165) is 64.6 Å². The standard InChI is InChI=1S/C76H99N5O11/c1-8-11-12-18-58-51(16-14-19-67(58)81-76(77)78-6)24-21-50(44-82)33-53-36-63-55(43-80-72(9-2)79-42-47(5)83)37-62(52-17-13-15-48(32-52)28-30-90-10-3)60-29-31-91-57(35-54(53)38-68(63)85)39-56(84)25-22-49-23-27-70(89-7)71(34-49)92-45-66-59-26-20-46(4)61-41-69(86)74(60)65(73(59)61)40-64(66)75(87)88/h13-17,19-20,23,26-27,32,34,36,38,40-41,46-47,50,53-55,57,60,62,72,75,79-80,82-83,85-88H,8-12,18,21-22,24-25,28,30,33,35,37,39,42-45H2,1-7H3,(H3,77,78,81). The van der Waals surface area contributed by atoms with Crippen molar-refractivity contribution in [1.82, 2.24) is 10.6 Å². The third-order valence-corrected chi connectivity index (χ3v) is 19.3. The zero-order valence-electron chi connectivity index (χ0n) is 55.0. The molecular formula is C76H99N5O11. The molecule has 4 heterocycles. The summed E-state index contributed by atoms with van der Waals surface area (Å²) in [6.45, 7) is 11.7. The largest absolute Gasteiger partial charge is 0.508 e. The third-order valence-electron chi connectivity index (χ3n) is 19.3. The van der Waals surface area contributed by atoms with E-state index in [1.807, 2.05) is 67.6 Å². The van der Waals surface area contributed by atoms with Gasteiger partial charge in [0.25, 0.3) is 0 Å². The number of hydrogen-bond donors (Lipinski definition) is 10. The van der Waals surface area contributed by atoms with Crippen LogP contribution in [0.4, 0.5) is 5.69 Å². The Morgan fingerprint density at radius 3 is 2.52 bits per heavy atom. The van der Waals surface area contributed by atoms with Gasteiger partial charge in [0.1, 0.15) is 36.1 Å². The molecule has 11 rings (SSSR count). The van der Waals surface area contributed by atoms with Gasteiger partial charge in [-0.1, -0.05) is 100 Å². The maximum Gasteiger partial charge on any atom is 0.192 e. The molecule has 494 valence electrons. The van der Waals surface area contributed by atoms with Crippen molar-refractivity contribution in [1.29, 1.82) is 0 Å². The Morgan fingerprint density at radius 2 is 1.77 bits per heavy atom. The fourth-order valence-corrected chi connectivity index (χ4v) is 14.3. The number of aryl methyl sites for hydroxylation is 2. The van der Waals surface area contributed by atoms with Gasteiger partial charge in [-0.3, -0.25) is 15.1 Å². The zero-order chi connectivity index (χ0) is 65.4. The zero-order valence-corrected chi connectivity index (χ0v) is 55.0. The van der Waals surface area contributed by atoms with E-state index in [-0.39, 0.29) is 78.7 Å². The summed E-state index contributed by atoms with van der Waals surface area (Å²) >= 11 is 0. The highest BCUT2D eigenvalue weighted by molar-refractivity contribution is 6.01. The van der Waals surface area contributed by atoms with Gasteiger partial charge in [-0.15, -0.1) is 0 Å². The molecule has 0 radical (unpaired) electrons. The lowest BCUT2D eigenvalue weighted by atomic mass is 9.70. The molecule has 10 bridgehead atoms. The van der Waals surface area contributed by atoms with Crippen LogP contribution in [0.5, 0.6) is 17.2 Å². The number of nitrogens with two attached hydrogens (primary N) is 1. The maximum absolute atomic E-state index is 14.7. The number of carbonyl (C=O) groups is 1. The number of carbonyl (C=O) groups excluding carboxylic acids is 1. The minimum absolute atomic E-state index is 0.0154. The van der Waals surface area contributed by atoms with E-state index in [1.165, 1.54) is 11.1 Å². The molecule has 0 amide bonds. The number of unbranched alkanes of at least 4 members (excludes halogenated alkanes) is 2. The van der Waals surface area contributed by atoms with Crippen LogP contribution in [0.3, 0.4) is 0 Å². The summed E-state index contributed by atoms with van der Waals surface area (Å²) in [6.07, 6.45) is 16.5. The van der Waals surface area contributed by atoms with E-state index in [1.54, 1.807) is 27.1 Å². The Kier molecular flexibility index (Phi) is 24.9. The molecule has 0 fully saturated rings. The Morgan fingerprint density at radius 1 is 0.946 bits per heavy atom. The van der Waals surface area contributed by atoms with Crippen molar-refractivity contribution in [2.45, 2.75) is 174 Å². The summed E-state index contributed by atoms with van der Waals surface area (Å²) in [7, 11) is 3.23. The normalized spacial score (nSPS) is 21.8. The van der Waals surface area contributed by atoms with Crippen molar-refractivity contribution in [3.63, 3.8) is 0 Å². The van der Waals surface area contributed by atoms with Gasteiger partial charge in [0, 0.05) is 86.3 Å². The molecule has 6 aliphatic rings. The summed E-state index contributed by atoms with van der Waals surface area (Å²) in [6, 6.07) is 23.8. The molecule has 16 nitrogen and oxygen atoms in total. The molecular weight excluding hydrogens is 1160 g/mol. The van der Waals surface area contributed by atoms with Crippen LogP contribution in [-0.2, 0) is 46.6 Å². The fourth-order valence-electron chi connectivity index (χ4n) is 14.3. The second kappa shape index (κ2) is 33.1. The molecule has 0 aromatic heterocycles. The molecule has 2 aliphatic carbocycles. The number of phenolic OH excluding ortho intramolecular Hbond substituents is 1. The minimum Gasteiger partial charge on any atom is -0.508 e. The number of aromatic hydroxyl groups is 1. The van der Waals surface area contributed by atoms with Crippen molar-refractivity contribution in [2.75, 3.05) is 52.4 Å². The van der Waals surface area contributed by atoms with Gasteiger partial charge in [0.2, 0.25) is 0 Å². The first-order chi connectivity index (χ1) is 44.5. The number of aliphatic hydroxyl groups excluding tert-OH is 4. The number of aliphatic hydroxyl groups is 5. The minimum atomic E-state index is -1.95. The van der Waals surface area contributed by atoms with Crippen LogP contribution in [0.25, 0.3) is 16.8 Å². The molecule has 10 unspecified atom stereocenters. The number of benzene rings is 5. The lowest BCUT2D eigenvalue weighted by molar-refractivity contribution is -0.121. The highest BCUT2D eigenvalue weighted by atomic mass is 16.5. The Hall–Kier alpha value is -7.20. The fraction of sp³-hybridized carbons (Fsp3) is 0.500. The number of ketones is 1. The number of rotatable bonds is 25. The average molecular weight is 1260 g/mol. The Balaban J connectivity index is 1.26. The summed E-state index contributed by atoms with van der Waals surface area (Å²) in [4.78, 5) is 18.9. The summed E-state index contributed by atoms with van der Waals surface area (Å²) in [5, 5.41) is 83.1. The highest BCUT2D eigenvalue weighted by Crippen LogP contribution is 2.51. The number of phenols is 1. The Labute approximate surface area is 544 Å². The molecule has 5 aromatic carbocycles. The Bertz CT molecular complexity index is 3530. The maximum atomic E-state index is 14.7. The molecule has 16 heteroatoms. The number of nitrogens with zero attached hydrogens (tertiary/aromatic N) is 1. The van der Waals surface area contributed by atoms with Gasteiger partial charge in [0.05, 0.1) is 31.9 Å². The van der Waals surface area contributed by atoms with E-state index in [2.05, 4.69) is 84.1 Å². The molecule has 10 atom stereocenters. The first-order valence-electron chi connectivity index (χ1n) is 33.6. The smallest absolute Gasteiger partial charge is 0.192 e. The number of allylic oxidation sites excluding steroid dienone is 4. The number of methoxy groups -OCH3 is 1. The van der Waals surface area contributed by atoms with E-state index in [4.69, 9.17) is 24.7 Å². The van der Waals surface area contributed by atoms with E-state index in [9.17, 15) is 35.4 Å². The van der Waals surface area contributed by atoms with Gasteiger partial charge >= 0.3 is 0 Å². The SMILES string of the molecule is CCCCCc1c(CCC(CO)CC2C=C3C(O)=CC2CC2CC(=O)CCc4ccc(OC)c(c4)OCc4c(C(O)O)cc5c(c(O)cc6c5c4C=CC6C)C(C#CO2)C(c2cccc(CCOCC)c2)CC3CNC(CC)NCC(C)O)cccc1NC(N)=NC. The number of hydrogen-bond acceptors (Lipinski definition) is 14. The van der Waals surface area contributed by atoms with Gasteiger partial charge in [-0.25, -0.2) is 0 Å². The molecule has 0 spiro atoms. The van der Waals surface area contributed by atoms with Crippen molar-refractivity contribution in [3.8, 4) is 29.3 Å². The van der Waals surface area contributed by atoms with Crippen LogP contribution in [0, 0.1) is 35.7 Å². The van der Waals surface area contributed by atoms with Gasteiger partial charge < -0.3 is 66.0 Å². The van der Waals surface area contributed by atoms with Crippen molar-refractivity contribution in [2.24, 2.45) is 34.4 Å². The van der Waals surface area contributed by atoms with Crippen molar-refractivity contribution in [3.05, 3.63) is 158 Å². The van der Waals surface area contributed by atoms with Gasteiger partial charge in [-0.2, -0.15) is 0 Å². The number of fused-ring (bicyclic) bond motifs is 8. The molecule has 11 N–H and O–H groups in total. The van der Waals surface area contributed by atoms with Crippen molar-refractivity contribution < 1.29 is 54.4 Å². The van der Waals surface area contributed by atoms with Crippen LogP contribution >= 0.6 is 0 Å². The third kappa shape index (κ3) is 17.1. The quantitative estimate of drug-likeness (QED) is 0.00858. The van der Waals surface area contributed by atoms with Gasteiger partial charge in [-0.05, 0) is 188 Å². The van der Waals surface area contributed by atoms with E-state index >= 15 is 0 Å². The number of aliphatic imine (C=N–C) groups is 1. The van der Waals surface area contributed by atoms with E-state index < -0.39 is 36.3 Å².